The van der Waals surface area contributed by atoms with Crippen LogP contribution in [0.3, 0.4) is 0 Å². The Balaban J connectivity index is 1.69. The highest BCUT2D eigenvalue weighted by atomic mass is 16.6. The zero-order valence-electron chi connectivity index (χ0n) is 13.0. The number of nitrogens with two attached hydrogens (primary N) is 1. The van der Waals surface area contributed by atoms with E-state index in [9.17, 15) is 0 Å². The standard InChI is InChI=1S/C17H26N2O3/c18-12-15(13-3-5-19(6-4-13)7-8-20)14-1-2-16-17(11-14)22-10-9-21-16/h1-2,11,13,15,20H,3-10,12,18H2. The number of aliphatic hydroxyl groups is 1. The van der Waals surface area contributed by atoms with Crippen molar-refractivity contribution >= 4 is 0 Å². The summed E-state index contributed by atoms with van der Waals surface area (Å²) in [5, 5.41) is 9.04. The number of aliphatic hydroxyl groups excluding tert-OH is 1. The van der Waals surface area contributed by atoms with Gasteiger partial charge in [0.2, 0.25) is 0 Å². The van der Waals surface area contributed by atoms with Crippen molar-refractivity contribution in [2.45, 2.75) is 18.8 Å². The van der Waals surface area contributed by atoms with Crippen LogP contribution < -0.4 is 15.2 Å². The molecule has 1 aromatic carbocycles. The number of hydrogen-bond acceptors (Lipinski definition) is 5. The average molecular weight is 306 g/mol. The molecule has 0 saturated carbocycles. The molecule has 0 aromatic heterocycles. The van der Waals surface area contributed by atoms with Crippen molar-refractivity contribution in [3.05, 3.63) is 23.8 Å². The highest BCUT2D eigenvalue weighted by Crippen LogP contribution is 2.37. The molecule has 5 heteroatoms. The second-order valence-electron chi connectivity index (χ2n) is 6.15. The van der Waals surface area contributed by atoms with Crippen LogP contribution in [0.25, 0.3) is 0 Å². The van der Waals surface area contributed by atoms with Gasteiger partial charge in [-0.05, 0) is 62.0 Å². The molecule has 1 unspecified atom stereocenters. The van der Waals surface area contributed by atoms with Gasteiger partial charge in [0.05, 0.1) is 6.61 Å². The third-order valence-corrected chi connectivity index (χ3v) is 4.87. The lowest BCUT2D eigenvalue weighted by Gasteiger charge is -2.36. The Hall–Kier alpha value is -1.30. The highest BCUT2D eigenvalue weighted by Gasteiger charge is 2.27. The van der Waals surface area contributed by atoms with E-state index in [1.165, 1.54) is 5.56 Å². The van der Waals surface area contributed by atoms with E-state index in [1.807, 2.05) is 6.07 Å². The summed E-state index contributed by atoms with van der Waals surface area (Å²) in [6.07, 6.45) is 2.27. The quantitative estimate of drug-likeness (QED) is 0.856. The fourth-order valence-corrected chi connectivity index (χ4v) is 3.61. The molecule has 2 aliphatic heterocycles. The summed E-state index contributed by atoms with van der Waals surface area (Å²) >= 11 is 0. The molecule has 2 heterocycles. The maximum atomic E-state index is 9.04. The number of hydrogen-bond donors (Lipinski definition) is 2. The first-order valence-electron chi connectivity index (χ1n) is 8.24. The van der Waals surface area contributed by atoms with E-state index in [0.717, 1.165) is 44.0 Å². The summed E-state index contributed by atoms with van der Waals surface area (Å²) in [5.74, 6) is 2.65. The molecule has 1 aromatic rings. The van der Waals surface area contributed by atoms with Gasteiger partial charge in [-0.2, -0.15) is 0 Å². The van der Waals surface area contributed by atoms with Gasteiger partial charge in [-0.1, -0.05) is 6.07 Å². The first-order valence-corrected chi connectivity index (χ1v) is 8.24. The summed E-state index contributed by atoms with van der Waals surface area (Å²) in [6.45, 7) is 5.01. The number of β-amino-alcohol motifs (C(OH)–C–C–N with tert-alkyl or cyclic N) is 1. The highest BCUT2D eigenvalue weighted by molar-refractivity contribution is 5.45. The monoisotopic (exact) mass is 306 g/mol. The fourth-order valence-electron chi connectivity index (χ4n) is 3.61. The number of nitrogens with zero attached hydrogens (tertiary/aromatic N) is 1. The zero-order valence-corrected chi connectivity index (χ0v) is 13.0. The molecule has 22 heavy (non-hydrogen) atoms. The third-order valence-electron chi connectivity index (χ3n) is 4.87. The lowest BCUT2D eigenvalue weighted by Crippen LogP contribution is -2.38. The molecule has 1 atom stereocenters. The maximum Gasteiger partial charge on any atom is 0.161 e. The Kier molecular flexibility index (Phi) is 5.18. The van der Waals surface area contributed by atoms with Gasteiger partial charge in [0.15, 0.2) is 11.5 Å². The van der Waals surface area contributed by atoms with Crippen molar-refractivity contribution in [2.75, 3.05) is 46.0 Å². The van der Waals surface area contributed by atoms with E-state index >= 15 is 0 Å². The smallest absolute Gasteiger partial charge is 0.161 e. The van der Waals surface area contributed by atoms with Crippen LogP contribution >= 0.6 is 0 Å². The van der Waals surface area contributed by atoms with Gasteiger partial charge in [-0.25, -0.2) is 0 Å². The van der Waals surface area contributed by atoms with E-state index in [1.54, 1.807) is 0 Å². The van der Waals surface area contributed by atoms with E-state index in [2.05, 4.69) is 17.0 Å². The van der Waals surface area contributed by atoms with E-state index in [-0.39, 0.29) is 6.61 Å². The van der Waals surface area contributed by atoms with E-state index < -0.39 is 0 Å². The van der Waals surface area contributed by atoms with Crippen LogP contribution in [0.4, 0.5) is 0 Å². The van der Waals surface area contributed by atoms with Crippen LogP contribution in [-0.4, -0.2) is 56.0 Å². The summed E-state index contributed by atoms with van der Waals surface area (Å²) in [7, 11) is 0. The second kappa shape index (κ2) is 7.31. The fraction of sp³-hybridized carbons (Fsp3) is 0.647. The normalized spacial score (nSPS) is 20.8. The minimum atomic E-state index is 0.243. The molecule has 5 nitrogen and oxygen atoms in total. The Labute approximate surface area is 132 Å². The molecular formula is C17H26N2O3. The number of ether oxygens (including phenoxy) is 2. The van der Waals surface area contributed by atoms with Gasteiger partial charge in [0, 0.05) is 6.54 Å². The molecular weight excluding hydrogens is 280 g/mol. The molecule has 122 valence electrons. The number of benzene rings is 1. The van der Waals surface area contributed by atoms with Crippen LogP contribution in [0, 0.1) is 5.92 Å². The van der Waals surface area contributed by atoms with Crippen LogP contribution in [-0.2, 0) is 0 Å². The van der Waals surface area contributed by atoms with E-state index in [4.69, 9.17) is 20.3 Å². The van der Waals surface area contributed by atoms with Gasteiger partial charge in [-0.15, -0.1) is 0 Å². The Morgan fingerprint density at radius 3 is 2.59 bits per heavy atom. The number of likely N-dealkylation sites (tertiary alicyclic amines) is 1. The maximum absolute atomic E-state index is 9.04. The molecule has 2 aliphatic rings. The molecule has 3 rings (SSSR count). The molecule has 1 fully saturated rings. The molecule has 0 bridgehead atoms. The predicted molar refractivity (Wildman–Crippen MR) is 85.5 cm³/mol. The van der Waals surface area contributed by atoms with Crippen LogP contribution in [0.1, 0.15) is 24.3 Å². The van der Waals surface area contributed by atoms with Gasteiger partial charge < -0.3 is 25.2 Å². The largest absolute Gasteiger partial charge is 0.486 e. The van der Waals surface area contributed by atoms with Gasteiger partial charge >= 0.3 is 0 Å². The Morgan fingerprint density at radius 2 is 1.91 bits per heavy atom. The van der Waals surface area contributed by atoms with Gasteiger partial charge in [-0.3, -0.25) is 0 Å². The zero-order chi connectivity index (χ0) is 15.4. The molecule has 0 spiro atoms. The number of fused-ring (bicyclic) bond motifs is 1. The minimum absolute atomic E-state index is 0.243. The predicted octanol–water partition coefficient (Wildman–Crippen LogP) is 1.20. The first-order chi connectivity index (χ1) is 10.8. The van der Waals surface area contributed by atoms with Crippen LogP contribution in [0.5, 0.6) is 11.5 Å². The van der Waals surface area contributed by atoms with E-state index in [0.29, 0.717) is 31.6 Å². The van der Waals surface area contributed by atoms with Gasteiger partial charge in [0.1, 0.15) is 13.2 Å². The summed E-state index contributed by atoms with van der Waals surface area (Å²) in [4.78, 5) is 2.33. The second-order valence-corrected chi connectivity index (χ2v) is 6.15. The van der Waals surface area contributed by atoms with Crippen molar-refractivity contribution in [1.82, 2.24) is 4.90 Å². The summed E-state index contributed by atoms with van der Waals surface area (Å²) in [6, 6.07) is 6.24. The SMILES string of the molecule is NCC(c1ccc2c(c1)OCCO2)C1CCN(CCO)CC1. The molecule has 1 saturated heterocycles. The van der Waals surface area contributed by atoms with Crippen LogP contribution in [0.15, 0.2) is 18.2 Å². The lowest BCUT2D eigenvalue weighted by atomic mass is 9.80. The molecule has 0 aliphatic carbocycles. The molecule has 0 amide bonds. The third kappa shape index (κ3) is 3.37. The van der Waals surface area contributed by atoms with Crippen LogP contribution in [0.2, 0.25) is 0 Å². The lowest BCUT2D eigenvalue weighted by molar-refractivity contribution is 0.138. The van der Waals surface area contributed by atoms with Crippen molar-refractivity contribution in [1.29, 1.82) is 0 Å². The molecule has 3 N–H and O–H groups in total. The minimum Gasteiger partial charge on any atom is -0.486 e. The van der Waals surface area contributed by atoms with Gasteiger partial charge in [0.25, 0.3) is 0 Å². The Bertz CT molecular complexity index is 487. The number of piperidine rings is 1. The summed E-state index contributed by atoms with van der Waals surface area (Å²) < 4.78 is 11.3. The topological polar surface area (TPSA) is 68.0 Å². The van der Waals surface area contributed by atoms with Crippen molar-refractivity contribution in [2.24, 2.45) is 11.7 Å². The van der Waals surface area contributed by atoms with Crippen molar-refractivity contribution < 1.29 is 14.6 Å². The van der Waals surface area contributed by atoms with Crippen molar-refractivity contribution in [3.63, 3.8) is 0 Å². The average Bonchev–Trinajstić information content (AvgIpc) is 2.57. The summed E-state index contributed by atoms with van der Waals surface area (Å²) in [5.41, 5.74) is 7.34. The Morgan fingerprint density at radius 1 is 1.18 bits per heavy atom. The van der Waals surface area contributed by atoms with Crippen molar-refractivity contribution in [3.8, 4) is 11.5 Å². The first kappa shape index (κ1) is 15.6. The molecule has 0 radical (unpaired) electrons. The number of rotatable bonds is 5.